The topological polar surface area (TPSA) is 60.8 Å². The molecule has 1 atom stereocenters. The Labute approximate surface area is 85.5 Å². The van der Waals surface area contributed by atoms with E-state index in [4.69, 9.17) is 5.11 Å². The first-order valence-electron chi connectivity index (χ1n) is 4.85. The minimum atomic E-state index is -0.981. The van der Waals surface area contributed by atoms with Gasteiger partial charge in [0.25, 0.3) is 0 Å². The maximum Gasteiger partial charge on any atom is 0.408 e. The third-order valence-corrected chi connectivity index (χ3v) is 2.22. The van der Waals surface area contributed by atoms with E-state index in [2.05, 4.69) is 0 Å². The van der Waals surface area contributed by atoms with Crippen molar-refractivity contribution in [2.75, 3.05) is 6.61 Å². The Morgan fingerprint density at radius 2 is 1.79 bits per heavy atom. The standard InChI is InChI=1S/C10H21NO3/c1-7(2)8(6-12)11(9(13)14)10(3,4)5/h7-8,12H,6H2,1-5H3,(H,13,14)/t8-/m1/s1. The van der Waals surface area contributed by atoms with Gasteiger partial charge in [0, 0.05) is 5.54 Å². The number of carbonyl (C=O) groups is 1. The number of hydrogen-bond donors (Lipinski definition) is 2. The molecule has 0 aromatic rings. The quantitative estimate of drug-likeness (QED) is 0.735. The molecule has 0 aromatic heterocycles. The van der Waals surface area contributed by atoms with Crippen LogP contribution in [0.2, 0.25) is 0 Å². The Hall–Kier alpha value is -0.770. The lowest BCUT2D eigenvalue weighted by molar-refractivity contribution is 0.0284. The fraction of sp³-hybridized carbons (Fsp3) is 0.900. The summed E-state index contributed by atoms with van der Waals surface area (Å²) >= 11 is 0. The van der Waals surface area contributed by atoms with Crippen LogP contribution in [0.3, 0.4) is 0 Å². The highest BCUT2D eigenvalue weighted by molar-refractivity contribution is 5.66. The predicted molar refractivity (Wildman–Crippen MR) is 55.3 cm³/mol. The van der Waals surface area contributed by atoms with Crippen molar-refractivity contribution in [3.8, 4) is 0 Å². The van der Waals surface area contributed by atoms with Crippen molar-refractivity contribution in [3.63, 3.8) is 0 Å². The van der Waals surface area contributed by atoms with Crippen molar-refractivity contribution in [1.29, 1.82) is 0 Å². The number of aliphatic hydroxyl groups excluding tert-OH is 1. The first kappa shape index (κ1) is 13.2. The third-order valence-electron chi connectivity index (χ3n) is 2.22. The Morgan fingerprint density at radius 1 is 1.36 bits per heavy atom. The first-order chi connectivity index (χ1) is 6.21. The Morgan fingerprint density at radius 3 is 1.86 bits per heavy atom. The molecule has 0 aliphatic heterocycles. The maximum atomic E-state index is 11.1. The summed E-state index contributed by atoms with van der Waals surface area (Å²) in [6, 6.07) is -0.340. The lowest BCUT2D eigenvalue weighted by atomic mass is 9.97. The Bertz CT molecular complexity index is 196. The minimum Gasteiger partial charge on any atom is -0.465 e. The lowest BCUT2D eigenvalue weighted by Gasteiger charge is -2.40. The van der Waals surface area contributed by atoms with E-state index in [9.17, 15) is 9.90 Å². The summed E-state index contributed by atoms with van der Waals surface area (Å²) in [5, 5.41) is 18.2. The fourth-order valence-electron chi connectivity index (χ4n) is 1.52. The van der Waals surface area contributed by atoms with E-state index in [0.717, 1.165) is 0 Å². The van der Waals surface area contributed by atoms with E-state index >= 15 is 0 Å². The van der Waals surface area contributed by atoms with Crippen LogP contribution in [0.25, 0.3) is 0 Å². The van der Waals surface area contributed by atoms with Gasteiger partial charge in [0.15, 0.2) is 0 Å². The van der Waals surface area contributed by atoms with Gasteiger partial charge >= 0.3 is 6.09 Å². The van der Waals surface area contributed by atoms with Crippen LogP contribution in [0.5, 0.6) is 0 Å². The second-order valence-corrected chi connectivity index (χ2v) is 4.82. The molecule has 4 nitrogen and oxygen atoms in total. The summed E-state index contributed by atoms with van der Waals surface area (Å²) in [5.74, 6) is 0.107. The van der Waals surface area contributed by atoms with Gasteiger partial charge < -0.3 is 10.2 Å². The van der Waals surface area contributed by atoms with Gasteiger partial charge in [-0.15, -0.1) is 0 Å². The number of amides is 1. The summed E-state index contributed by atoms with van der Waals surface area (Å²) in [7, 11) is 0. The molecule has 0 saturated heterocycles. The average Bonchev–Trinajstić information content (AvgIpc) is 1.95. The smallest absolute Gasteiger partial charge is 0.408 e. The fourth-order valence-corrected chi connectivity index (χ4v) is 1.52. The summed E-state index contributed by atoms with van der Waals surface area (Å²) in [4.78, 5) is 12.4. The predicted octanol–water partition coefficient (Wildman–Crippen LogP) is 1.78. The largest absolute Gasteiger partial charge is 0.465 e. The molecule has 4 heteroatoms. The zero-order valence-electron chi connectivity index (χ0n) is 9.61. The van der Waals surface area contributed by atoms with E-state index in [0.29, 0.717) is 0 Å². The Balaban J connectivity index is 4.89. The van der Waals surface area contributed by atoms with Crippen LogP contribution in [0.1, 0.15) is 34.6 Å². The molecule has 0 saturated carbocycles. The van der Waals surface area contributed by atoms with Crippen LogP contribution < -0.4 is 0 Å². The van der Waals surface area contributed by atoms with Crippen LogP contribution in [-0.2, 0) is 0 Å². The molecule has 0 bridgehead atoms. The zero-order valence-corrected chi connectivity index (χ0v) is 9.61. The highest BCUT2D eigenvalue weighted by Gasteiger charge is 2.34. The van der Waals surface area contributed by atoms with Gasteiger partial charge in [-0.1, -0.05) is 13.8 Å². The third kappa shape index (κ3) is 3.18. The van der Waals surface area contributed by atoms with Gasteiger partial charge in [-0.3, -0.25) is 4.90 Å². The van der Waals surface area contributed by atoms with Crippen LogP contribution >= 0.6 is 0 Å². The maximum absolute atomic E-state index is 11.1. The number of nitrogens with zero attached hydrogens (tertiary/aromatic N) is 1. The normalized spacial score (nSPS) is 14.2. The van der Waals surface area contributed by atoms with Gasteiger partial charge in [-0.25, -0.2) is 4.79 Å². The molecule has 0 fully saturated rings. The van der Waals surface area contributed by atoms with Gasteiger partial charge in [-0.2, -0.15) is 0 Å². The second-order valence-electron chi connectivity index (χ2n) is 4.82. The molecule has 2 N–H and O–H groups in total. The van der Waals surface area contributed by atoms with Gasteiger partial charge in [0.2, 0.25) is 0 Å². The molecule has 0 radical (unpaired) electrons. The molecule has 0 aliphatic rings. The van der Waals surface area contributed by atoms with Gasteiger partial charge in [0.05, 0.1) is 12.6 Å². The van der Waals surface area contributed by atoms with E-state index in [-0.39, 0.29) is 18.6 Å². The van der Waals surface area contributed by atoms with Crippen molar-refractivity contribution in [3.05, 3.63) is 0 Å². The molecule has 1 amide bonds. The minimum absolute atomic E-state index is 0.107. The molecule has 0 heterocycles. The van der Waals surface area contributed by atoms with E-state index in [1.54, 1.807) is 0 Å². The molecule has 14 heavy (non-hydrogen) atoms. The van der Waals surface area contributed by atoms with E-state index in [1.807, 2.05) is 34.6 Å². The molecular formula is C10H21NO3. The van der Waals surface area contributed by atoms with Crippen LogP contribution in [-0.4, -0.2) is 39.4 Å². The SMILES string of the molecule is CC(C)[C@@H](CO)N(C(=O)O)C(C)(C)C. The summed E-state index contributed by atoms with van der Waals surface area (Å²) in [5.41, 5.74) is -0.483. The van der Waals surface area contributed by atoms with Gasteiger partial charge in [0.1, 0.15) is 0 Å². The highest BCUT2D eigenvalue weighted by Crippen LogP contribution is 2.21. The molecule has 0 aromatic carbocycles. The summed E-state index contributed by atoms with van der Waals surface area (Å²) in [6.07, 6.45) is -0.981. The first-order valence-corrected chi connectivity index (χ1v) is 4.85. The molecule has 84 valence electrons. The Kier molecular flexibility index (Phi) is 4.39. The molecule has 0 unspecified atom stereocenters. The lowest BCUT2D eigenvalue weighted by Crippen LogP contribution is -2.54. The highest BCUT2D eigenvalue weighted by atomic mass is 16.4. The van der Waals surface area contributed by atoms with Crippen LogP contribution in [0.4, 0.5) is 4.79 Å². The number of hydrogen-bond acceptors (Lipinski definition) is 2. The van der Waals surface area contributed by atoms with Crippen molar-refractivity contribution in [1.82, 2.24) is 4.90 Å². The van der Waals surface area contributed by atoms with Crippen molar-refractivity contribution in [2.24, 2.45) is 5.92 Å². The zero-order chi connectivity index (χ0) is 11.5. The van der Waals surface area contributed by atoms with Crippen LogP contribution in [0.15, 0.2) is 0 Å². The van der Waals surface area contributed by atoms with Gasteiger partial charge in [-0.05, 0) is 26.7 Å². The number of rotatable bonds is 3. The van der Waals surface area contributed by atoms with E-state index < -0.39 is 11.6 Å². The second kappa shape index (κ2) is 4.64. The monoisotopic (exact) mass is 203 g/mol. The molecule has 0 rings (SSSR count). The van der Waals surface area contributed by atoms with Crippen molar-refractivity contribution in [2.45, 2.75) is 46.2 Å². The number of aliphatic hydroxyl groups is 1. The van der Waals surface area contributed by atoms with E-state index in [1.165, 1.54) is 4.90 Å². The average molecular weight is 203 g/mol. The number of carboxylic acid groups (broad SMARTS) is 1. The molecule has 0 spiro atoms. The molecule has 0 aliphatic carbocycles. The van der Waals surface area contributed by atoms with Crippen molar-refractivity contribution >= 4 is 6.09 Å². The van der Waals surface area contributed by atoms with Crippen molar-refractivity contribution < 1.29 is 15.0 Å². The molecular weight excluding hydrogens is 182 g/mol. The summed E-state index contributed by atoms with van der Waals surface area (Å²) in [6.45, 7) is 9.15. The van der Waals surface area contributed by atoms with Crippen LogP contribution in [0, 0.1) is 5.92 Å². The summed E-state index contributed by atoms with van der Waals surface area (Å²) < 4.78 is 0.